The summed E-state index contributed by atoms with van der Waals surface area (Å²) in [6.45, 7) is 0. The summed E-state index contributed by atoms with van der Waals surface area (Å²) in [6.07, 6.45) is 0. The molecule has 14 heavy (non-hydrogen) atoms. The summed E-state index contributed by atoms with van der Waals surface area (Å²) >= 11 is 0. The molecule has 0 spiro atoms. The van der Waals surface area contributed by atoms with Crippen molar-refractivity contribution in [1.29, 1.82) is 0 Å². The van der Waals surface area contributed by atoms with Crippen molar-refractivity contribution in [1.82, 2.24) is 6.15 Å². The molecular weight excluding hydrogens is 281 g/mol. The van der Waals surface area contributed by atoms with Gasteiger partial charge in [-0.15, -0.1) is 0 Å². The van der Waals surface area contributed by atoms with Gasteiger partial charge >= 0.3 is 0 Å². The summed E-state index contributed by atoms with van der Waals surface area (Å²) in [5, 5.41) is 0. The summed E-state index contributed by atoms with van der Waals surface area (Å²) in [5.41, 5.74) is 0. The molecule has 0 heterocycles. The third-order valence-corrected chi connectivity index (χ3v) is 0. The standard InChI is InChI=1S/H3N.Ni.H2O4S.7H2O/c;;1-5(2,3)4;;;;;;;/h1H3;;(H2,1,2,3,4);7*1H2/p-1. The maximum absolute atomic E-state index is 8.52. The molecule has 0 radical (unpaired) electrons. The Morgan fingerprint density at radius 1 is 0.643 bits per heavy atom. The second-order valence-electron chi connectivity index (χ2n) is 0.408. The van der Waals surface area contributed by atoms with Gasteiger partial charge in [-0.25, -0.2) is 0 Å². The van der Waals surface area contributed by atoms with Crippen molar-refractivity contribution in [3.63, 3.8) is 0 Å². The average molecular weight is 299 g/mol. The van der Waals surface area contributed by atoms with E-state index in [1.54, 1.807) is 0 Å². The van der Waals surface area contributed by atoms with E-state index in [1.807, 2.05) is 0 Å². The molecule has 0 aliphatic carbocycles. The van der Waals surface area contributed by atoms with Crippen LogP contribution < -0.4 is 6.15 Å². The predicted octanol–water partition coefficient (Wildman–Crippen LogP) is -6.74. The van der Waals surface area contributed by atoms with Gasteiger partial charge in [0.2, 0.25) is 0 Å². The minimum Gasteiger partial charge on any atom is -0.759 e. The largest absolute Gasteiger partial charge is 0.759 e. The van der Waals surface area contributed by atoms with E-state index in [0.717, 1.165) is 0 Å². The smallest absolute Gasteiger partial charge is 0.0311 e. The van der Waals surface area contributed by atoms with E-state index in [1.165, 1.54) is 0 Å². The molecule has 14 heteroatoms. The van der Waals surface area contributed by atoms with Gasteiger partial charge in [0.15, 0.2) is 0 Å². The van der Waals surface area contributed by atoms with Crippen LogP contribution in [0.3, 0.4) is 0 Å². The van der Waals surface area contributed by atoms with Gasteiger partial charge in [0, 0.05) is 26.9 Å². The monoisotopic (exact) mass is 298 g/mol. The first kappa shape index (κ1) is 146. The Labute approximate surface area is 89.6 Å². The SMILES string of the molecule is O.O.O.O.O.O.O.O=S(=O)([O-])[O-].[NH4+].[Ni]. The second kappa shape index (κ2) is 51.8. The Bertz CT molecular complexity index is 98.5. The van der Waals surface area contributed by atoms with Gasteiger partial charge in [0.05, 0.1) is 0 Å². The normalized spacial score (nSPS) is 4.14. The van der Waals surface area contributed by atoms with E-state index in [9.17, 15) is 0 Å². The molecule has 0 aliphatic heterocycles. The Morgan fingerprint density at radius 2 is 0.643 bits per heavy atom. The molecule has 0 aliphatic rings. The van der Waals surface area contributed by atoms with Crippen molar-refractivity contribution in [3.05, 3.63) is 0 Å². The fourth-order valence-electron chi connectivity index (χ4n) is 0. The topological polar surface area (TPSA) is 337 Å². The Morgan fingerprint density at radius 3 is 0.643 bits per heavy atom. The molecule has 0 aromatic heterocycles. The maximum Gasteiger partial charge on any atom is 0.0311 e. The first-order valence-corrected chi connectivity index (χ1v) is 2.00. The van der Waals surface area contributed by atoms with Crippen LogP contribution in [0, 0.1) is 0 Å². The van der Waals surface area contributed by atoms with E-state index < -0.39 is 10.4 Å². The first-order valence-electron chi connectivity index (χ1n) is 0.667. The van der Waals surface area contributed by atoms with Crippen LogP contribution in [0.5, 0.6) is 0 Å². The summed E-state index contributed by atoms with van der Waals surface area (Å²) in [4.78, 5) is 0. The zero-order valence-corrected chi connectivity index (χ0v) is 8.66. The van der Waals surface area contributed by atoms with Crippen LogP contribution in [-0.4, -0.2) is 55.9 Å². The van der Waals surface area contributed by atoms with Gasteiger partial charge in [-0.3, -0.25) is 8.42 Å². The second-order valence-corrected chi connectivity index (χ2v) is 1.22. The van der Waals surface area contributed by atoms with Crippen molar-refractivity contribution < 1.29 is 72.3 Å². The molecule has 12 nitrogen and oxygen atoms in total. The van der Waals surface area contributed by atoms with Crippen molar-refractivity contribution in [2.45, 2.75) is 0 Å². The number of rotatable bonds is 0. The van der Waals surface area contributed by atoms with Crippen LogP contribution in [0.15, 0.2) is 0 Å². The minimum absolute atomic E-state index is 0. The molecule has 106 valence electrons. The predicted molar refractivity (Wildman–Crippen MR) is 41.8 cm³/mol. The van der Waals surface area contributed by atoms with Gasteiger partial charge in [0.25, 0.3) is 0 Å². The molecule has 0 fully saturated rings. The Balaban J connectivity index is -0.00000000222. The van der Waals surface area contributed by atoms with Crippen LogP contribution >= 0.6 is 0 Å². The summed E-state index contributed by atoms with van der Waals surface area (Å²) in [5.74, 6) is 0. The van der Waals surface area contributed by atoms with Gasteiger partial charge in [-0.05, 0) is 0 Å². The van der Waals surface area contributed by atoms with E-state index in [2.05, 4.69) is 0 Å². The minimum atomic E-state index is -5.17. The molecule has 0 bridgehead atoms. The summed E-state index contributed by atoms with van der Waals surface area (Å²) in [7, 11) is -5.17. The fraction of sp³-hybridized carbons (Fsp3) is 0. The summed E-state index contributed by atoms with van der Waals surface area (Å²) < 4.78 is 34.1. The molecule has 0 atom stereocenters. The quantitative estimate of drug-likeness (QED) is 0.258. The fourth-order valence-corrected chi connectivity index (χ4v) is 0. The number of hydrogen-bond acceptors (Lipinski definition) is 4. The van der Waals surface area contributed by atoms with Crippen molar-refractivity contribution >= 4 is 10.4 Å². The molecule has 0 saturated carbocycles. The Hall–Kier alpha value is 0.0435. The molecule has 0 rings (SSSR count). The number of hydrogen-bond donors (Lipinski definition) is 1. The van der Waals surface area contributed by atoms with E-state index >= 15 is 0 Å². The average Bonchev–Trinajstić information content (AvgIpc) is 0.722. The maximum atomic E-state index is 8.52. The number of quaternary nitrogens is 1. The summed E-state index contributed by atoms with van der Waals surface area (Å²) in [6, 6.07) is 0. The first-order chi connectivity index (χ1) is 2.00. The van der Waals surface area contributed by atoms with Crippen LogP contribution in [0.1, 0.15) is 0 Å². The van der Waals surface area contributed by atoms with Crippen LogP contribution in [0.25, 0.3) is 0 Å². The van der Waals surface area contributed by atoms with E-state index in [4.69, 9.17) is 17.5 Å². The molecule has 0 unspecified atom stereocenters. The molecular formula is H18NNiO11S-. The van der Waals surface area contributed by atoms with Gasteiger partial charge in [-0.2, -0.15) is 0 Å². The van der Waals surface area contributed by atoms with Gasteiger partial charge in [-0.1, -0.05) is 0 Å². The third kappa shape index (κ3) is 776000. The van der Waals surface area contributed by atoms with Crippen LogP contribution in [0.2, 0.25) is 0 Å². The van der Waals surface area contributed by atoms with Gasteiger partial charge in [0.1, 0.15) is 0 Å². The van der Waals surface area contributed by atoms with E-state index in [0.29, 0.717) is 0 Å². The molecule has 0 saturated heterocycles. The van der Waals surface area contributed by atoms with Crippen molar-refractivity contribution in [3.8, 4) is 0 Å². The third-order valence-electron chi connectivity index (χ3n) is 0. The van der Waals surface area contributed by atoms with Crippen molar-refractivity contribution in [2.24, 2.45) is 0 Å². The van der Waals surface area contributed by atoms with Crippen LogP contribution in [0.4, 0.5) is 0 Å². The molecule has 18 N–H and O–H groups in total. The Kier molecular flexibility index (Phi) is 541. The molecule has 0 amide bonds. The van der Waals surface area contributed by atoms with Crippen molar-refractivity contribution in [2.75, 3.05) is 0 Å². The van der Waals surface area contributed by atoms with E-state index in [-0.39, 0.29) is 61.0 Å². The zero-order valence-electron chi connectivity index (χ0n) is 6.86. The van der Waals surface area contributed by atoms with Crippen LogP contribution in [-0.2, 0) is 26.9 Å². The van der Waals surface area contributed by atoms with Gasteiger partial charge < -0.3 is 53.6 Å². The zero-order chi connectivity index (χ0) is 4.50. The molecule has 0 aromatic rings. The molecule has 0 aromatic carbocycles.